The zero-order valence-electron chi connectivity index (χ0n) is 20.3. The van der Waals surface area contributed by atoms with Gasteiger partial charge in [-0.3, -0.25) is 10.1 Å². The number of carbonyl (C=O) groups excluding carboxylic acids is 2. The van der Waals surface area contributed by atoms with Crippen LogP contribution in [-0.2, 0) is 20.7 Å². The maximum atomic E-state index is 11.9. The number of nitrogens with one attached hydrogen (secondary N) is 3. The fourth-order valence-electron chi connectivity index (χ4n) is 2.95. The van der Waals surface area contributed by atoms with Gasteiger partial charge in [-0.15, -0.1) is 24.0 Å². The first-order valence-electron chi connectivity index (χ1n) is 11.0. The van der Waals surface area contributed by atoms with E-state index in [1.54, 1.807) is 14.1 Å². The van der Waals surface area contributed by atoms with Crippen LogP contribution in [0.2, 0.25) is 0 Å². The summed E-state index contributed by atoms with van der Waals surface area (Å²) in [6.45, 7) is 8.53. The molecule has 1 aliphatic heterocycles. The number of likely N-dealkylation sites (N-methyl/N-ethyl adjacent to an activating group) is 1. The molecule has 1 aromatic rings. The van der Waals surface area contributed by atoms with E-state index in [0.717, 1.165) is 38.2 Å². The first-order valence-corrected chi connectivity index (χ1v) is 11.0. The molecule has 1 heterocycles. The number of hydrogen-bond acceptors (Lipinski definition) is 5. The van der Waals surface area contributed by atoms with Gasteiger partial charge in [0, 0.05) is 45.4 Å². The zero-order chi connectivity index (χ0) is 23.6. The fourth-order valence-corrected chi connectivity index (χ4v) is 2.95. The van der Waals surface area contributed by atoms with E-state index in [4.69, 9.17) is 9.47 Å². The maximum absolute atomic E-state index is 11.9. The van der Waals surface area contributed by atoms with Gasteiger partial charge in [-0.25, -0.2) is 9.79 Å². The largest absolute Gasteiger partial charge is 0.444 e. The predicted octanol–water partition coefficient (Wildman–Crippen LogP) is 2.85. The molecule has 9 nitrogen and oxygen atoms in total. The van der Waals surface area contributed by atoms with Crippen LogP contribution in [0, 0.1) is 5.92 Å². The molecule has 0 bridgehead atoms. The Hall–Kier alpha value is -2.08. The topological polar surface area (TPSA) is 104 Å². The molecular weight excluding hydrogens is 537 g/mol. The molecule has 0 radical (unpaired) electrons. The number of rotatable bonds is 8. The molecule has 2 amide bonds. The predicted molar refractivity (Wildman–Crippen MR) is 141 cm³/mol. The summed E-state index contributed by atoms with van der Waals surface area (Å²) < 4.78 is 10.7. The first-order chi connectivity index (χ1) is 15.1. The Bertz CT molecular complexity index is 772. The van der Waals surface area contributed by atoms with Crippen molar-refractivity contribution in [1.82, 2.24) is 15.5 Å². The summed E-state index contributed by atoms with van der Waals surface area (Å²) in [4.78, 5) is 29.7. The van der Waals surface area contributed by atoms with Crippen molar-refractivity contribution in [2.75, 3.05) is 52.3 Å². The number of amides is 2. The molecule has 2 rings (SSSR count). The van der Waals surface area contributed by atoms with Gasteiger partial charge in [0.1, 0.15) is 12.1 Å². The van der Waals surface area contributed by atoms with E-state index in [1.165, 1.54) is 4.90 Å². The van der Waals surface area contributed by atoms with E-state index in [-0.39, 0.29) is 36.4 Å². The van der Waals surface area contributed by atoms with Crippen molar-refractivity contribution in [3.63, 3.8) is 0 Å². The lowest BCUT2D eigenvalue weighted by Crippen LogP contribution is -2.41. The number of ether oxygens (including phenoxy) is 2. The highest BCUT2D eigenvalue weighted by molar-refractivity contribution is 14.0. The van der Waals surface area contributed by atoms with Gasteiger partial charge >= 0.3 is 6.09 Å². The third-order valence-electron chi connectivity index (χ3n) is 4.76. The van der Waals surface area contributed by atoms with Crippen molar-refractivity contribution < 1.29 is 19.1 Å². The molecule has 1 saturated heterocycles. The molecule has 1 aromatic carbocycles. The molecule has 3 N–H and O–H groups in total. The summed E-state index contributed by atoms with van der Waals surface area (Å²) in [6, 6.07) is 7.62. The molecule has 1 unspecified atom stereocenters. The Morgan fingerprint density at radius 1 is 1.18 bits per heavy atom. The highest BCUT2D eigenvalue weighted by Gasteiger charge is 2.17. The summed E-state index contributed by atoms with van der Waals surface area (Å²) in [6.07, 6.45) is 1.32. The lowest BCUT2D eigenvalue weighted by atomic mass is 10.1. The van der Waals surface area contributed by atoms with E-state index in [0.29, 0.717) is 24.1 Å². The van der Waals surface area contributed by atoms with Gasteiger partial charge < -0.3 is 25.0 Å². The Morgan fingerprint density at radius 3 is 2.45 bits per heavy atom. The summed E-state index contributed by atoms with van der Waals surface area (Å²) in [5.74, 6) is 1.02. The van der Waals surface area contributed by atoms with Crippen LogP contribution in [0.25, 0.3) is 0 Å². The van der Waals surface area contributed by atoms with Gasteiger partial charge in [0.15, 0.2) is 5.96 Å². The number of hydrogen-bond donors (Lipinski definition) is 3. The van der Waals surface area contributed by atoms with Crippen molar-refractivity contribution in [3.8, 4) is 0 Å². The van der Waals surface area contributed by atoms with Crippen molar-refractivity contribution in [1.29, 1.82) is 0 Å². The third kappa shape index (κ3) is 12.1. The first kappa shape index (κ1) is 29.0. The second-order valence-corrected chi connectivity index (χ2v) is 9.06. The van der Waals surface area contributed by atoms with Crippen LogP contribution in [0.15, 0.2) is 29.3 Å². The average molecular weight is 575 g/mol. The van der Waals surface area contributed by atoms with Crippen LogP contribution in [0.5, 0.6) is 0 Å². The van der Waals surface area contributed by atoms with E-state index >= 15 is 0 Å². The maximum Gasteiger partial charge on any atom is 0.412 e. The van der Waals surface area contributed by atoms with Gasteiger partial charge in [-0.2, -0.15) is 0 Å². The molecular formula is C23H38IN5O4. The van der Waals surface area contributed by atoms with Gasteiger partial charge in [-0.1, -0.05) is 12.1 Å². The average Bonchev–Trinajstić information content (AvgIpc) is 3.22. The lowest BCUT2D eigenvalue weighted by Gasteiger charge is -2.19. The number of guanidine groups is 1. The van der Waals surface area contributed by atoms with Crippen molar-refractivity contribution in [2.24, 2.45) is 10.9 Å². The Morgan fingerprint density at radius 2 is 1.88 bits per heavy atom. The number of halogens is 1. The number of carbonyl (C=O) groups is 2. The Balaban J connectivity index is 0.00000544. The Kier molecular flexibility index (Phi) is 12.5. The van der Waals surface area contributed by atoms with Crippen LogP contribution in [0.3, 0.4) is 0 Å². The standard InChI is InChI=1S/C23H37N5O4.HI/c1-23(2,3)32-22(30)27-19-8-6-17(7-9-19)10-12-24-21(26-15-20(29)28(4)5)25-14-18-11-13-31-16-18;/h6-9,18H,10-16H2,1-5H3,(H,27,30)(H2,24,25,26);1H. The van der Waals surface area contributed by atoms with Gasteiger partial charge in [0.25, 0.3) is 0 Å². The normalized spacial score (nSPS) is 15.9. The molecule has 10 heteroatoms. The van der Waals surface area contributed by atoms with Gasteiger partial charge in [0.05, 0.1) is 6.61 Å². The minimum absolute atomic E-state index is 0. The number of benzene rings is 1. The molecule has 0 saturated carbocycles. The van der Waals surface area contributed by atoms with E-state index in [2.05, 4.69) is 20.9 Å². The summed E-state index contributed by atoms with van der Waals surface area (Å²) >= 11 is 0. The molecule has 0 aromatic heterocycles. The second kappa shape index (κ2) is 14.2. The number of aliphatic imine (C=N–C) groups is 1. The van der Waals surface area contributed by atoms with Crippen molar-refractivity contribution in [3.05, 3.63) is 29.8 Å². The lowest BCUT2D eigenvalue weighted by molar-refractivity contribution is -0.127. The summed E-state index contributed by atoms with van der Waals surface area (Å²) in [5, 5.41) is 9.34. The van der Waals surface area contributed by atoms with E-state index in [1.807, 2.05) is 45.0 Å². The van der Waals surface area contributed by atoms with Crippen LogP contribution in [0.1, 0.15) is 32.8 Å². The monoisotopic (exact) mass is 575 g/mol. The van der Waals surface area contributed by atoms with Crippen LogP contribution in [0.4, 0.5) is 10.5 Å². The smallest absolute Gasteiger partial charge is 0.412 e. The number of anilines is 1. The van der Waals surface area contributed by atoms with Crippen LogP contribution < -0.4 is 16.0 Å². The van der Waals surface area contributed by atoms with Gasteiger partial charge in [0.2, 0.25) is 5.91 Å². The molecule has 33 heavy (non-hydrogen) atoms. The minimum Gasteiger partial charge on any atom is -0.444 e. The van der Waals surface area contributed by atoms with Crippen molar-refractivity contribution >= 4 is 47.6 Å². The summed E-state index contributed by atoms with van der Waals surface area (Å²) in [5.41, 5.74) is 1.26. The molecule has 186 valence electrons. The van der Waals surface area contributed by atoms with Crippen LogP contribution in [-0.4, -0.2) is 75.4 Å². The third-order valence-corrected chi connectivity index (χ3v) is 4.76. The molecule has 0 aliphatic carbocycles. The zero-order valence-corrected chi connectivity index (χ0v) is 22.6. The van der Waals surface area contributed by atoms with Crippen LogP contribution >= 0.6 is 24.0 Å². The van der Waals surface area contributed by atoms with E-state index in [9.17, 15) is 9.59 Å². The molecule has 1 fully saturated rings. The molecule has 1 aliphatic rings. The Labute approximate surface area is 214 Å². The van der Waals surface area contributed by atoms with Gasteiger partial charge in [-0.05, 0) is 51.3 Å². The summed E-state index contributed by atoms with van der Waals surface area (Å²) in [7, 11) is 3.44. The quantitative estimate of drug-likeness (QED) is 0.250. The molecule has 0 spiro atoms. The van der Waals surface area contributed by atoms with Crippen molar-refractivity contribution in [2.45, 2.75) is 39.2 Å². The second-order valence-electron chi connectivity index (χ2n) is 9.06. The fraction of sp³-hybridized carbons (Fsp3) is 0.609. The highest BCUT2D eigenvalue weighted by atomic mass is 127. The highest BCUT2D eigenvalue weighted by Crippen LogP contribution is 2.13. The number of nitrogens with zero attached hydrogens (tertiary/aromatic N) is 2. The minimum atomic E-state index is -0.537. The van der Waals surface area contributed by atoms with E-state index < -0.39 is 11.7 Å². The molecule has 1 atom stereocenters. The SMILES string of the molecule is CN(C)C(=O)CN=C(NCCc1ccc(NC(=O)OC(C)(C)C)cc1)NCC1CCOC1.I.